The molecule has 1 saturated heterocycles. The van der Waals surface area contributed by atoms with Crippen LogP contribution in [0.2, 0.25) is 0 Å². The van der Waals surface area contributed by atoms with Gasteiger partial charge in [0.15, 0.2) is 5.82 Å². The molecule has 1 aliphatic heterocycles. The van der Waals surface area contributed by atoms with Crippen molar-refractivity contribution in [2.24, 2.45) is 0 Å². The highest BCUT2D eigenvalue weighted by Gasteiger charge is 2.20. The maximum atomic E-state index is 5.68. The number of anilines is 4. The second-order valence-electron chi connectivity index (χ2n) is 7.01. The average molecular weight is 390 g/mol. The molecule has 0 saturated carbocycles. The summed E-state index contributed by atoms with van der Waals surface area (Å²) < 4.78 is 5.68. The van der Waals surface area contributed by atoms with Gasteiger partial charge < -0.3 is 19.9 Å². The zero-order valence-corrected chi connectivity index (χ0v) is 16.9. The van der Waals surface area contributed by atoms with Gasteiger partial charge in [0.25, 0.3) is 0 Å². The zero-order chi connectivity index (χ0) is 20.1. The molecule has 0 amide bonds. The molecule has 7 heteroatoms. The second kappa shape index (κ2) is 8.77. The van der Waals surface area contributed by atoms with E-state index in [-0.39, 0.29) is 0 Å². The number of hydrogen-bond donors (Lipinski definition) is 1. The number of hydrogen-bond acceptors (Lipinski definition) is 7. The summed E-state index contributed by atoms with van der Waals surface area (Å²) in [6, 6.07) is 16.5. The Balaban J connectivity index is 1.43. The normalized spacial score (nSPS) is 14.0. The van der Waals surface area contributed by atoms with E-state index in [0.717, 1.165) is 37.6 Å². The van der Waals surface area contributed by atoms with Crippen molar-refractivity contribution in [2.75, 3.05) is 47.9 Å². The van der Waals surface area contributed by atoms with E-state index in [4.69, 9.17) is 4.74 Å². The van der Waals surface area contributed by atoms with Gasteiger partial charge in [-0.15, -0.1) is 5.10 Å². The Morgan fingerprint density at radius 3 is 2.59 bits per heavy atom. The minimum absolute atomic E-state index is 0.608. The molecule has 4 rings (SSSR count). The average Bonchev–Trinajstić information content (AvgIpc) is 2.76. The fourth-order valence-corrected chi connectivity index (χ4v) is 3.47. The molecular formula is C22H26N6O. The van der Waals surface area contributed by atoms with Gasteiger partial charge in [-0.25, -0.2) is 0 Å². The summed E-state index contributed by atoms with van der Waals surface area (Å²) in [5, 5.41) is 11.7. The smallest absolute Gasteiger partial charge is 0.247 e. The van der Waals surface area contributed by atoms with Gasteiger partial charge in [-0.2, -0.15) is 10.1 Å². The Morgan fingerprint density at radius 2 is 1.79 bits per heavy atom. The van der Waals surface area contributed by atoms with Crippen LogP contribution in [0.5, 0.6) is 5.75 Å². The third-order valence-corrected chi connectivity index (χ3v) is 4.93. The van der Waals surface area contributed by atoms with Crippen LogP contribution < -0.4 is 19.9 Å². The number of aryl methyl sites for hydroxylation is 1. The first kappa shape index (κ1) is 19.0. The van der Waals surface area contributed by atoms with Crippen LogP contribution in [0.1, 0.15) is 12.5 Å². The van der Waals surface area contributed by atoms with Crippen LogP contribution in [-0.2, 0) is 0 Å². The first-order valence-corrected chi connectivity index (χ1v) is 9.98. The van der Waals surface area contributed by atoms with Crippen molar-refractivity contribution >= 4 is 23.1 Å². The van der Waals surface area contributed by atoms with Crippen LogP contribution in [0.4, 0.5) is 23.1 Å². The second-order valence-corrected chi connectivity index (χ2v) is 7.01. The molecule has 0 bridgehead atoms. The molecule has 7 nitrogen and oxygen atoms in total. The lowest BCUT2D eigenvalue weighted by Gasteiger charge is -2.36. The Hall–Kier alpha value is -3.35. The van der Waals surface area contributed by atoms with Gasteiger partial charge in [-0.3, -0.25) is 0 Å². The number of nitrogens with one attached hydrogen (secondary N) is 1. The van der Waals surface area contributed by atoms with Crippen molar-refractivity contribution in [1.82, 2.24) is 15.2 Å². The Labute approximate surface area is 171 Å². The van der Waals surface area contributed by atoms with E-state index in [1.54, 1.807) is 6.20 Å². The molecule has 0 radical (unpaired) electrons. The fourth-order valence-electron chi connectivity index (χ4n) is 3.47. The molecule has 29 heavy (non-hydrogen) atoms. The summed E-state index contributed by atoms with van der Waals surface area (Å²) in [6.45, 7) is 8.27. The molecule has 2 heterocycles. The highest BCUT2D eigenvalue weighted by Crippen LogP contribution is 2.27. The van der Waals surface area contributed by atoms with Crippen LogP contribution in [0.15, 0.2) is 54.7 Å². The molecule has 3 aromatic rings. The maximum absolute atomic E-state index is 5.68. The molecule has 1 aliphatic rings. The van der Waals surface area contributed by atoms with Gasteiger partial charge in [0.1, 0.15) is 5.75 Å². The minimum atomic E-state index is 0.608. The van der Waals surface area contributed by atoms with Gasteiger partial charge in [0.2, 0.25) is 5.95 Å². The van der Waals surface area contributed by atoms with E-state index < -0.39 is 0 Å². The molecule has 0 aliphatic carbocycles. The fraction of sp³-hybridized carbons (Fsp3) is 0.318. The van der Waals surface area contributed by atoms with Crippen LogP contribution in [-0.4, -0.2) is 48.0 Å². The molecule has 1 aromatic heterocycles. The highest BCUT2D eigenvalue weighted by molar-refractivity contribution is 5.64. The van der Waals surface area contributed by atoms with Gasteiger partial charge in [0, 0.05) is 31.9 Å². The van der Waals surface area contributed by atoms with Gasteiger partial charge in [-0.05, 0) is 43.7 Å². The van der Waals surface area contributed by atoms with Crippen molar-refractivity contribution in [3.05, 3.63) is 60.3 Å². The monoisotopic (exact) mass is 390 g/mol. The van der Waals surface area contributed by atoms with Crippen molar-refractivity contribution < 1.29 is 4.74 Å². The number of nitrogens with zero attached hydrogens (tertiary/aromatic N) is 5. The van der Waals surface area contributed by atoms with E-state index >= 15 is 0 Å². The number of benzene rings is 2. The van der Waals surface area contributed by atoms with E-state index in [0.29, 0.717) is 18.4 Å². The Bertz CT molecular complexity index is 955. The van der Waals surface area contributed by atoms with Crippen molar-refractivity contribution in [1.29, 1.82) is 0 Å². The molecule has 1 fully saturated rings. The minimum Gasteiger partial charge on any atom is -0.492 e. The SMILES string of the molecule is CCOc1ccccc1Nc1cnnc(N2CCN(c3cccc(C)c3)CC2)n1. The van der Waals surface area contributed by atoms with Gasteiger partial charge >= 0.3 is 0 Å². The third kappa shape index (κ3) is 4.56. The first-order valence-electron chi connectivity index (χ1n) is 9.98. The van der Waals surface area contributed by atoms with Crippen LogP contribution in [0.3, 0.4) is 0 Å². The van der Waals surface area contributed by atoms with E-state index in [1.165, 1.54) is 11.3 Å². The summed E-state index contributed by atoms with van der Waals surface area (Å²) in [5.74, 6) is 2.10. The zero-order valence-electron chi connectivity index (χ0n) is 16.9. The quantitative estimate of drug-likeness (QED) is 0.689. The highest BCUT2D eigenvalue weighted by atomic mass is 16.5. The largest absolute Gasteiger partial charge is 0.492 e. The predicted octanol–water partition coefficient (Wildman–Crippen LogP) is 3.65. The molecule has 2 aromatic carbocycles. The summed E-state index contributed by atoms with van der Waals surface area (Å²) in [5.41, 5.74) is 3.42. The van der Waals surface area contributed by atoms with Crippen molar-refractivity contribution in [2.45, 2.75) is 13.8 Å². The molecule has 0 atom stereocenters. The number of para-hydroxylation sites is 2. The topological polar surface area (TPSA) is 66.4 Å². The number of piperazine rings is 1. The summed E-state index contributed by atoms with van der Waals surface area (Å²) >= 11 is 0. The molecule has 150 valence electrons. The summed E-state index contributed by atoms with van der Waals surface area (Å²) in [7, 11) is 0. The van der Waals surface area contributed by atoms with Crippen LogP contribution in [0.25, 0.3) is 0 Å². The van der Waals surface area contributed by atoms with Crippen LogP contribution >= 0.6 is 0 Å². The summed E-state index contributed by atoms with van der Waals surface area (Å²) in [6.07, 6.45) is 1.63. The molecule has 0 spiro atoms. The van der Waals surface area contributed by atoms with Gasteiger partial charge in [-0.1, -0.05) is 24.3 Å². The molecular weight excluding hydrogens is 364 g/mol. The van der Waals surface area contributed by atoms with Crippen molar-refractivity contribution in [3.63, 3.8) is 0 Å². The first-order chi connectivity index (χ1) is 14.2. The van der Waals surface area contributed by atoms with Gasteiger partial charge in [0.05, 0.1) is 18.5 Å². The third-order valence-electron chi connectivity index (χ3n) is 4.93. The predicted molar refractivity (Wildman–Crippen MR) is 116 cm³/mol. The lowest BCUT2D eigenvalue weighted by atomic mass is 10.2. The van der Waals surface area contributed by atoms with E-state index in [9.17, 15) is 0 Å². The summed E-state index contributed by atoms with van der Waals surface area (Å²) in [4.78, 5) is 9.25. The molecule has 1 N–H and O–H groups in total. The lowest BCUT2D eigenvalue weighted by Crippen LogP contribution is -2.47. The lowest BCUT2D eigenvalue weighted by molar-refractivity contribution is 0.342. The molecule has 0 unspecified atom stereocenters. The van der Waals surface area contributed by atoms with Crippen LogP contribution in [0, 0.1) is 6.92 Å². The Kier molecular flexibility index (Phi) is 5.74. The van der Waals surface area contributed by atoms with Crippen molar-refractivity contribution in [3.8, 4) is 5.75 Å². The maximum Gasteiger partial charge on any atom is 0.247 e. The Morgan fingerprint density at radius 1 is 1.00 bits per heavy atom. The number of rotatable bonds is 6. The number of aromatic nitrogens is 3. The number of ether oxygens (including phenoxy) is 1. The standard InChI is InChI=1S/C22H26N6O/c1-3-29-20-10-5-4-9-19(20)24-21-16-23-26-22(25-21)28-13-11-27(12-14-28)18-8-6-7-17(2)15-18/h4-10,15-16H,3,11-14H2,1-2H3,(H,24,25,26). The van der Waals surface area contributed by atoms with E-state index in [1.807, 2.05) is 31.2 Å². The van der Waals surface area contributed by atoms with E-state index in [2.05, 4.69) is 61.5 Å².